The molecule has 0 aromatic rings. The van der Waals surface area contributed by atoms with Crippen molar-refractivity contribution in [3.05, 3.63) is 0 Å². The lowest BCUT2D eigenvalue weighted by Crippen LogP contribution is -2.40. The van der Waals surface area contributed by atoms with E-state index in [4.69, 9.17) is 5.11 Å². The van der Waals surface area contributed by atoms with Crippen molar-refractivity contribution in [2.45, 2.75) is 31.9 Å². The molecule has 1 unspecified atom stereocenters. The first-order chi connectivity index (χ1) is 7.45. The SMILES string of the molecule is CC(C)S(=O)(=O)CCN1CCCC(CO)C1. The topological polar surface area (TPSA) is 57.6 Å². The fourth-order valence-electron chi connectivity index (χ4n) is 2.00. The van der Waals surface area contributed by atoms with Gasteiger partial charge in [0.25, 0.3) is 0 Å². The summed E-state index contributed by atoms with van der Waals surface area (Å²) in [5.74, 6) is 0.568. The Kier molecular flexibility index (Phi) is 5.21. The Bertz CT molecular complexity index is 300. The highest BCUT2D eigenvalue weighted by Crippen LogP contribution is 2.15. The van der Waals surface area contributed by atoms with E-state index in [9.17, 15) is 8.42 Å². The molecule has 0 bridgehead atoms. The number of nitrogens with zero attached hydrogens (tertiary/aromatic N) is 1. The van der Waals surface area contributed by atoms with Crippen LogP contribution in [0.15, 0.2) is 0 Å². The number of likely N-dealkylation sites (tertiary alicyclic amines) is 1. The van der Waals surface area contributed by atoms with Gasteiger partial charge in [0.1, 0.15) is 0 Å². The number of hydrogen-bond donors (Lipinski definition) is 1. The van der Waals surface area contributed by atoms with Crippen LogP contribution in [0.3, 0.4) is 0 Å². The van der Waals surface area contributed by atoms with Crippen LogP contribution in [0.25, 0.3) is 0 Å². The molecule has 1 aliphatic rings. The van der Waals surface area contributed by atoms with Crippen LogP contribution in [0.5, 0.6) is 0 Å². The van der Waals surface area contributed by atoms with Gasteiger partial charge in [-0.2, -0.15) is 0 Å². The molecule has 1 N–H and O–H groups in total. The molecule has 0 saturated carbocycles. The zero-order valence-electron chi connectivity index (χ0n) is 10.2. The van der Waals surface area contributed by atoms with E-state index >= 15 is 0 Å². The molecule has 0 radical (unpaired) electrons. The van der Waals surface area contributed by atoms with Crippen molar-refractivity contribution in [1.82, 2.24) is 4.90 Å². The second-order valence-electron chi connectivity index (χ2n) is 4.91. The lowest BCUT2D eigenvalue weighted by atomic mass is 9.99. The predicted molar refractivity (Wildman–Crippen MR) is 65.2 cm³/mol. The van der Waals surface area contributed by atoms with E-state index in [1.807, 2.05) is 0 Å². The van der Waals surface area contributed by atoms with E-state index < -0.39 is 9.84 Å². The number of rotatable bonds is 5. The molecular formula is C11H23NO3S. The summed E-state index contributed by atoms with van der Waals surface area (Å²) in [4.78, 5) is 2.16. The van der Waals surface area contributed by atoms with Gasteiger partial charge in [-0.15, -0.1) is 0 Å². The van der Waals surface area contributed by atoms with E-state index in [0.717, 1.165) is 25.9 Å². The summed E-state index contributed by atoms with van der Waals surface area (Å²) in [6, 6.07) is 0. The fourth-order valence-corrected chi connectivity index (χ4v) is 2.98. The molecule has 1 heterocycles. The van der Waals surface area contributed by atoms with Crippen molar-refractivity contribution in [1.29, 1.82) is 0 Å². The Labute approximate surface area is 98.6 Å². The normalized spacial score (nSPS) is 23.9. The Morgan fingerprint density at radius 2 is 2.12 bits per heavy atom. The number of hydrogen-bond acceptors (Lipinski definition) is 4. The molecule has 0 aromatic carbocycles. The predicted octanol–water partition coefficient (Wildman–Crippen LogP) is 0.514. The fraction of sp³-hybridized carbons (Fsp3) is 1.00. The standard InChI is InChI=1S/C11H23NO3S/c1-10(2)16(14,15)7-6-12-5-3-4-11(8-12)9-13/h10-11,13H,3-9H2,1-2H3. The van der Waals surface area contributed by atoms with Crippen LogP contribution >= 0.6 is 0 Å². The van der Waals surface area contributed by atoms with Crippen molar-refractivity contribution in [3.8, 4) is 0 Å². The van der Waals surface area contributed by atoms with Gasteiger partial charge in [0, 0.05) is 19.7 Å². The first kappa shape index (κ1) is 13.9. The van der Waals surface area contributed by atoms with Crippen molar-refractivity contribution < 1.29 is 13.5 Å². The highest BCUT2D eigenvalue weighted by Gasteiger charge is 2.22. The van der Waals surface area contributed by atoms with Gasteiger partial charge >= 0.3 is 0 Å². The van der Waals surface area contributed by atoms with Crippen LogP contribution in [0.1, 0.15) is 26.7 Å². The molecule has 0 spiro atoms. The molecule has 0 aromatic heterocycles. The zero-order chi connectivity index (χ0) is 12.2. The van der Waals surface area contributed by atoms with Crippen LogP contribution in [0, 0.1) is 5.92 Å². The van der Waals surface area contributed by atoms with Crippen LogP contribution in [0.4, 0.5) is 0 Å². The van der Waals surface area contributed by atoms with Crippen molar-refractivity contribution in [2.24, 2.45) is 5.92 Å². The number of aliphatic hydroxyl groups is 1. The monoisotopic (exact) mass is 249 g/mol. The molecule has 1 aliphatic heterocycles. The quantitative estimate of drug-likeness (QED) is 0.771. The van der Waals surface area contributed by atoms with E-state index in [1.54, 1.807) is 13.8 Å². The minimum absolute atomic E-state index is 0.216. The molecule has 1 saturated heterocycles. The Balaban J connectivity index is 2.38. The Hall–Kier alpha value is -0.130. The third-order valence-corrected chi connectivity index (χ3v) is 5.46. The van der Waals surface area contributed by atoms with Crippen molar-refractivity contribution in [3.63, 3.8) is 0 Å². The third-order valence-electron chi connectivity index (χ3n) is 3.27. The number of piperidine rings is 1. The van der Waals surface area contributed by atoms with Crippen LogP contribution in [-0.2, 0) is 9.84 Å². The lowest BCUT2D eigenvalue weighted by Gasteiger charge is -2.31. The molecule has 1 fully saturated rings. The summed E-state index contributed by atoms with van der Waals surface area (Å²) in [6.45, 7) is 6.07. The zero-order valence-corrected chi connectivity index (χ0v) is 11.0. The summed E-state index contributed by atoms with van der Waals surface area (Å²) in [7, 11) is -2.93. The van der Waals surface area contributed by atoms with Gasteiger partial charge < -0.3 is 10.0 Å². The lowest BCUT2D eigenvalue weighted by molar-refractivity contribution is 0.125. The highest BCUT2D eigenvalue weighted by atomic mass is 32.2. The second kappa shape index (κ2) is 5.98. The minimum Gasteiger partial charge on any atom is -0.396 e. The van der Waals surface area contributed by atoms with Crippen molar-refractivity contribution in [2.75, 3.05) is 32.0 Å². The summed E-state index contributed by atoms with van der Waals surface area (Å²) < 4.78 is 23.3. The average Bonchev–Trinajstić information content (AvgIpc) is 2.26. The van der Waals surface area contributed by atoms with E-state index in [2.05, 4.69) is 4.90 Å². The molecule has 0 aliphatic carbocycles. The largest absolute Gasteiger partial charge is 0.396 e. The van der Waals surface area contributed by atoms with Crippen LogP contribution in [0.2, 0.25) is 0 Å². The molecule has 1 rings (SSSR count). The first-order valence-corrected chi connectivity index (χ1v) is 7.72. The van der Waals surface area contributed by atoms with Gasteiger partial charge in [-0.05, 0) is 39.2 Å². The maximum Gasteiger partial charge on any atom is 0.153 e. The summed E-state index contributed by atoms with van der Waals surface area (Å²) in [6.07, 6.45) is 2.12. The maximum atomic E-state index is 11.6. The summed E-state index contributed by atoms with van der Waals surface area (Å²) in [5.41, 5.74) is 0. The second-order valence-corrected chi connectivity index (χ2v) is 7.58. The maximum absolute atomic E-state index is 11.6. The third kappa shape index (κ3) is 4.03. The molecular weight excluding hydrogens is 226 g/mol. The van der Waals surface area contributed by atoms with Gasteiger partial charge in [-0.25, -0.2) is 8.42 Å². The smallest absolute Gasteiger partial charge is 0.153 e. The first-order valence-electron chi connectivity index (χ1n) is 6.00. The Morgan fingerprint density at radius 3 is 2.69 bits per heavy atom. The summed E-state index contributed by atoms with van der Waals surface area (Å²) in [5, 5.41) is 8.79. The molecule has 16 heavy (non-hydrogen) atoms. The number of sulfone groups is 1. The van der Waals surface area contributed by atoms with Crippen LogP contribution in [-0.4, -0.2) is 55.7 Å². The highest BCUT2D eigenvalue weighted by molar-refractivity contribution is 7.92. The molecule has 1 atom stereocenters. The van der Waals surface area contributed by atoms with Gasteiger partial charge in [-0.3, -0.25) is 0 Å². The molecule has 5 heteroatoms. The average molecular weight is 249 g/mol. The van der Waals surface area contributed by atoms with Crippen LogP contribution < -0.4 is 0 Å². The summed E-state index contributed by atoms with van der Waals surface area (Å²) >= 11 is 0. The Morgan fingerprint density at radius 1 is 1.44 bits per heavy atom. The van der Waals surface area contributed by atoms with E-state index in [1.165, 1.54) is 0 Å². The number of aliphatic hydroxyl groups excluding tert-OH is 1. The van der Waals surface area contributed by atoms with Gasteiger partial charge in [0.05, 0.1) is 11.0 Å². The van der Waals surface area contributed by atoms with E-state index in [-0.39, 0.29) is 17.6 Å². The van der Waals surface area contributed by atoms with Gasteiger partial charge in [0.15, 0.2) is 9.84 Å². The van der Waals surface area contributed by atoms with E-state index in [0.29, 0.717) is 12.5 Å². The van der Waals surface area contributed by atoms with Gasteiger partial charge in [0.2, 0.25) is 0 Å². The molecule has 4 nitrogen and oxygen atoms in total. The minimum atomic E-state index is -2.93. The molecule has 96 valence electrons. The van der Waals surface area contributed by atoms with Crippen molar-refractivity contribution >= 4 is 9.84 Å². The molecule has 0 amide bonds. The van der Waals surface area contributed by atoms with Gasteiger partial charge in [-0.1, -0.05) is 0 Å².